The second-order valence-corrected chi connectivity index (χ2v) is 6.33. The van der Waals surface area contributed by atoms with Crippen LogP contribution < -0.4 is 5.32 Å². The van der Waals surface area contributed by atoms with Crippen LogP contribution in [0.15, 0.2) is 17.5 Å². The van der Waals surface area contributed by atoms with E-state index in [9.17, 15) is 9.59 Å². The number of thiophene rings is 1. The number of hydrogen-bond donors (Lipinski definition) is 2. The molecular weight excluding hydrogens is 276 g/mol. The first-order valence-corrected chi connectivity index (χ1v) is 7.68. The summed E-state index contributed by atoms with van der Waals surface area (Å²) in [6.07, 6.45) is 0.845. The van der Waals surface area contributed by atoms with Gasteiger partial charge in [0.05, 0.1) is 12.5 Å². The van der Waals surface area contributed by atoms with Crippen LogP contribution in [-0.4, -0.2) is 48.1 Å². The van der Waals surface area contributed by atoms with E-state index in [1.165, 1.54) is 4.88 Å². The van der Waals surface area contributed by atoms with Gasteiger partial charge >= 0.3 is 5.97 Å². The van der Waals surface area contributed by atoms with Gasteiger partial charge in [0, 0.05) is 24.5 Å². The van der Waals surface area contributed by atoms with Gasteiger partial charge < -0.3 is 10.4 Å². The van der Waals surface area contributed by atoms with Crippen LogP contribution in [0.1, 0.15) is 11.8 Å². The Morgan fingerprint density at radius 2 is 2.30 bits per heavy atom. The van der Waals surface area contributed by atoms with E-state index in [1.807, 2.05) is 23.3 Å². The molecule has 2 heterocycles. The summed E-state index contributed by atoms with van der Waals surface area (Å²) < 4.78 is 0. The summed E-state index contributed by atoms with van der Waals surface area (Å²) in [5, 5.41) is 14.0. The third kappa shape index (κ3) is 4.05. The van der Waals surface area contributed by atoms with Crippen molar-refractivity contribution in [3.05, 3.63) is 22.4 Å². The molecule has 0 radical (unpaired) electrons. The van der Waals surface area contributed by atoms with Crippen molar-refractivity contribution in [2.24, 2.45) is 11.8 Å². The Morgan fingerprint density at radius 3 is 2.90 bits per heavy atom. The molecule has 20 heavy (non-hydrogen) atoms. The van der Waals surface area contributed by atoms with Crippen molar-refractivity contribution in [1.29, 1.82) is 0 Å². The van der Waals surface area contributed by atoms with Gasteiger partial charge in [0.2, 0.25) is 5.91 Å². The number of likely N-dealkylation sites (tertiary alicyclic amines) is 1. The van der Waals surface area contributed by atoms with Crippen LogP contribution in [0.4, 0.5) is 0 Å². The highest BCUT2D eigenvalue weighted by atomic mass is 32.1. The van der Waals surface area contributed by atoms with Crippen molar-refractivity contribution in [1.82, 2.24) is 10.2 Å². The summed E-state index contributed by atoms with van der Waals surface area (Å²) >= 11 is 1.68. The van der Waals surface area contributed by atoms with Crippen molar-refractivity contribution in [3.63, 3.8) is 0 Å². The van der Waals surface area contributed by atoms with Crippen LogP contribution in [0.5, 0.6) is 0 Å². The predicted octanol–water partition coefficient (Wildman–Crippen LogP) is 1.06. The Labute approximate surface area is 122 Å². The lowest BCUT2D eigenvalue weighted by Gasteiger charge is -2.14. The highest BCUT2D eigenvalue weighted by Crippen LogP contribution is 2.22. The molecule has 0 bridgehead atoms. The molecule has 110 valence electrons. The monoisotopic (exact) mass is 296 g/mol. The summed E-state index contributed by atoms with van der Waals surface area (Å²) in [6.45, 7) is 3.99. The van der Waals surface area contributed by atoms with Gasteiger partial charge in [0.25, 0.3) is 0 Å². The lowest BCUT2D eigenvalue weighted by atomic mass is 9.99. The maximum atomic E-state index is 11.8. The van der Waals surface area contributed by atoms with Crippen LogP contribution >= 0.6 is 11.3 Å². The normalized spacial score (nSPS) is 22.9. The van der Waals surface area contributed by atoms with Crippen molar-refractivity contribution < 1.29 is 14.7 Å². The molecule has 1 aliphatic heterocycles. The minimum atomic E-state index is -0.766. The molecule has 0 spiro atoms. The summed E-state index contributed by atoms with van der Waals surface area (Å²) in [5.41, 5.74) is 0. The number of hydrogen-bond acceptors (Lipinski definition) is 4. The SMILES string of the molecule is CC1CN(CC(=O)NCCc2cccs2)CC1C(=O)O. The molecule has 1 aromatic heterocycles. The molecule has 1 aliphatic rings. The summed E-state index contributed by atoms with van der Waals surface area (Å²) in [7, 11) is 0. The molecule has 1 fully saturated rings. The quantitative estimate of drug-likeness (QED) is 0.823. The number of nitrogens with zero attached hydrogens (tertiary/aromatic N) is 1. The molecule has 1 amide bonds. The molecule has 2 N–H and O–H groups in total. The van der Waals surface area contributed by atoms with Gasteiger partial charge in [0.15, 0.2) is 0 Å². The maximum Gasteiger partial charge on any atom is 0.308 e. The Bertz CT molecular complexity index is 461. The molecule has 0 saturated carbocycles. The summed E-state index contributed by atoms with van der Waals surface area (Å²) in [4.78, 5) is 26.0. The molecule has 0 aromatic carbocycles. The topological polar surface area (TPSA) is 69.6 Å². The Kier molecular flexibility index (Phi) is 5.14. The molecule has 2 atom stereocenters. The zero-order valence-corrected chi connectivity index (χ0v) is 12.4. The first kappa shape index (κ1) is 15.0. The molecule has 1 aromatic rings. The number of carbonyl (C=O) groups excluding carboxylic acids is 1. The van der Waals surface area contributed by atoms with Crippen LogP contribution in [0.3, 0.4) is 0 Å². The Hall–Kier alpha value is -1.40. The van der Waals surface area contributed by atoms with Crippen molar-refractivity contribution in [3.8, 4) is 0 Å². The lowest BCUT2D eigenvalue weighted by molar-refractivity contribution is -0.142. The molecule has 6 heteroatoms. The first-order valence-electron chi connectivity index (χ1n) is 6.80. The van der Waals surface area contributed by atoms with Gasteiger partial charge in [-0.25, -0.2) is 0 Å². The Balaban J connectivity index is 1.68. The van der Waals surface area contributed by atoms with Crippen LogP contribution in [0, 0.1) is 11.8 Å². The van der Waals surface area contributed by atoms with Gasteiger partial charge in [-0.15, -0.1) is 11.3 Å². The fraction of sp³-hybridized carbons (Fsp3) is 0.571. The smallest absolute Gasteiger partial charge is 0.308 e. The molecule has 5 nitrogen and oxygen atoms in total. The van der Waals surface area contributed by atoms with Gasteiger partial charge in [-0.05, 0) is 23.8 Å². The van der Waals surface area contributed by atoms with Crippen LogP contribution in [-0.2, 0) is 16.0 Å². The van der Waals surface area contributed by atoms with Crippen LogP contribution in [0.2, 0.25) is 0 Å². The van der Waals surface area contributed by atoms with Crippen molar-refractivity contribution >= 4 is 23.2 Å². The zero-order chi connectivity index (χ0) is 14.5. The van der Waals surface area contributed by atoms with E-state index in [0.29, 0.717) is 26.2 Å². The number of amides is 1. The van der Waals surface area contributed by atoms with Crippen molar-refractivity contribution in [2.45, 2.75) is 13.3 Å². The molecule has 2 unspecified atom stereocenters. The zero-order valence-electron chi connectivity index (χ0n) is 11.5. The number of carboxylic acid groups (broad SMARTS) is 1. The van der Waals surface area contributed by atoms with E-state index >= 15 is 0 Å². The fourth-order valence-electron chi connectivity index (χ4n) is 2.56. The first-order chi connectivity index (χ1) is 9.56. The average molecular weight is 296 g/mol. The molecule has 0 aliphatic carbocycles. The Morgan fingerprint density at radius 1 is 1.50 bits per heavy atom. The predicted molar refractivity (Wildman–Crippen MR) is 77.8 cm³/mol. The van der Waals surface area contributed by atoms with E-state index in [-0.39, 0.29) is 17.7 Å². The fourth-order valence-corrected chi connectivity index (χ4v) is 3.27. The third-order valence-corrected chi connectivity index (χ3v) is 4.58. The highest BCUT2D eigenvalue weighted by molar-refractivity contribution is 7.09. The number of rotatable bonds is 6. The van der Waals surface area contributed by atoms with Crippen LogP contribution in [0.25, 0.3) is 0 Å². The van der Waals surface area contributed by atoms with E-state index in [4.69, 9.17) is 5.11 Å². The third-order valence-electron chi connectivity index (χ3n) is 3.65. The van der Waals surface area contributed by atoms with E-state index < -0.39 is 5.97 Å². The minimum absolute atomic E-state index is 0.0280. The largest absolute Gasteiger partial charge is 0.481 e. The average Bonchev–Trinajstić information content (AvgIpc) is 2.99. The van der Waals surface area contributed by atoms with Crippen molar-refractivity contribution in [2.75, 3.05) is 26.2 Å². The van der Waals surface area contributed by atoms with E-state index in [1.54, 1.807) is 11.3 Å². The lowest BCUT2D eigenvalue weighted by Crippen LogP contribution is -2.37. The van der Waals surface area contributed by atoms with Gasteiger partial charge in [-0.1, -0.05) is 13.0 Å². The van der Waals surface area contributed by atoms with E-state index in [0.717, 1.165) is 6.42 Å². The summed E-state index contributed by atoms with van der Waals surface area (Å²) in [5.74, 6) is -1.04. The second-order valence-electron chi connectivity index (χ2n) is 5.30. The maximum absolute atomic E-state index is 11.8. The standard InChI is InChI=1S/C14H20N2O3S/c1-10-7-16(8-12(10)14(18)19)9-13(17)15-5-4-11-3-2-6-20-11/h2-3,6,10,12H,4-5,7-9H2,1H3,(H,15,17)(H,18,19). The molecule has 1 saturated heterocycles. The van der Waals surface area contributed by atoms with E-state index in [2.05, 4.69) is 11.4 Å². The minimum Gasteiger partial charge on any atom is -0.481 e. The number of carboxylic acids is 1. The number of carbonyl (C=O) groups is 2. The van der Waals surface area contributed by atoms with Gasteiger partial charge in [0.1, 0.15) is 0 Å². The number of nitrogens with one attached hydrogen (secondary N) is 1. The van der Waals surface area contributed by atoms with Gasteiger partial charge in [-0.3, -0.25) is 14.5 Å². The molecule has 2 rings (SSSR count). The second kappa shape index (κ2) is 6.85. The summed E-state index contributed by atoms with van der Waals surface area (Å²) in [6, 6.07) is 4.05. The number of aliphatic carboxylic acids is 1. The van der Waals surface area contributed by atoms with Gasteiger partial charge in [-0.2, -0.15) is 0 Å². The highest BCUT2D eigenvalue weighted by Gasteiger charge is 2.35. The molecular formula is C14H20N2O3S.